The van der Waals surface area contributed by atoms with Crippen molar-refractivity contribution in [1.82, 2.24) is 4.98 Å². The van der Waals surface area contributed by atoms with Crippen LogP contribution in [0.1, 0.15) is 40.0 Å². The van der Waals surface area contributed by atoms with Gasteiger partial charge in [0, 0.05) is 12.1 Å². The maximum atomic E-state index is 10.5. The molecular formula is C13H21N3O2. The Hall–Kier alpha value is -1.65. The first kappa shape index (κ1) is 14.4. The first-order valence-electron chi connectivity index (χ1n) is 6.36. The molecule has 0 bridgehead atoms. The number of hydrogen-bond acceptors (Lipinski definition) is 4. The van der Waals surface area contributed by atoms with E-state index in [-0.39, 0.29) is 5.69 Å². The second kappa shape index (κ2) is 6.93. The van der Waals surface area contributed by atoms with Crippen LogP contribution < -0.4 is 5.32 Å². The number of nitrogens with one attached hydrogen (secondary N) is 1. The van der Waals surface area contributed by atoms with Gasteiger partial charge in [0.1, 0.15) is 12.0 Å². The Morgan fingerprint density at radius 1 is 1.33 bits per heavy atom. The summed E-state index contributed by atoms with van der Waals surface area (Å²) in [7, 11) is 0. The minimum Gasteiger partial charge on any atom is -0.368 e. The summed E-state index contributed by atoms with van der Waals surface area (Å²) in [4.78, 5) is 14.1. The number of hydrogen-bond donors (Lipinski definition) is 1. The molecule has 1 N–H and O–H groups in total. The van der Waals surface area contributed by atoms with Crippen LogP contribution in [0.15, 0.2) is 18.3 Å². The highest BCUT2D eigenvalue weighted by Gasteiger charge is 2.07. The normalized spacial score (nSPS) is 12.4. The van der Waals surface area contributed by atoms with Crippen LogP contribution in [0.2, 0.25) is 0 Å². The van der Waals surface area contributed by atoms with Gasteiger partial charge in [0.2, 0.25) is 0 Å². The molecular weight excluding hydrogens is 230 g/mol. The highest BCUT2D eigenvalue weighted by atomic mass is 16.6. The molecule has 18 heavy (non-hydrogen) atoms. The molecule has 1 aromatic heterocycles. The van der Waals surface area contributed by atoms with E-state index in [0.29, 0.717) is 11.9 Å². The van der Waals surface area contributed by atoms with Gasteiger partial charge in [-0.3, -0.25) is 10.1 Å². The van der Waals surface area contributed by atoms with Crippen molar-refractivity contribution in [3.05, 3.63) is 28.4 Å². The highest BCUT2D eigenvalue weighted by Crippen LogP contribution is 2.14. The molecule has 0 aliphatic rings. The number of pyridine rings is 1. The van der Waals surface area contributed by atoms with Gasteiger partial charge in [0.25, 0.3) is 5.69 Å². The summed E-state index contributed by atoms with van der Waals surface area (Å²) in [5.74, 6) is 1.42. The fourth-order valence-electron chi connectivity index (χ4n) is 1.74. The molecule has 0 saturated heterocycles. The molecule has 100 valence electrons. The zero-order valence-electron chi connectivity index (χ0n) is 11.2. The maximum Gasteiger partial charge on any atom is 0.287 e. The van der Waals surface area contributed by atoms with Crippen LogP contribution in [-0.2, 0) is 0 Å². The quantitative estimate of drug-likeness (QED) is 0.593. The summed E-state index contributed by atoms with van der Waals surface area (Å²) >= 11 is 0. The van der Waals surface area contributed by atoms with Crippen LogP contribution in [0.4, 0.5) is 11.5 Å². The van der Waals surface area contributed by atoms with Gasteiger partial charge in [-0.15, -0.1) is 0 Å². The lowest BCUT2D eigenvalue weighted by molar-refractivity contribution is -0.385. The molecule has 1 heterocycles. The molecule has 0 aliphatic heterocycles. The zero-order chi connectivity index (χ0) is 13.5. The predicted octanol–water partition coefficient (Wildman–Crippen LogP) is 3.62. The Morgan fingerprint density at radius 2 is 2.06 bits per heavy atom. The van der Waals surface area contributed by atoms with Gasteiger partial charge >= 0.3 is 0 Å². The van der Waals surface area contributed by atoms with Crippen molar-refractivity contribution >= 4 is 11.5 Å². The van der Waals surface area contributed by atoms with E-state index in [1.807, 2.05) is 0 Å². The van der Waals surface area contributed by atoms with Gasteiger partial charge in [0.05, 0.1) is 4.92 Å². The molecule has 0 fully saturated rings. The zero-order valence-corrected chi connectivity index (χ0v) is 11.2. The molecule has 1 unspecified atom stereocenters. The summed E-state index contributed by atoms with van der Waals surface area (Å²) in [6, 6.07) is 3.45. The second-order valence-electron chi connectivity index (χ2n) is 5.03. The van der Waals surface area contributed by atoms with Gasteiger partial charge in [-0.05, 0) is 25.3 Å². The smallest absolute Gasteiger partial charge is 0.287 e. The fourth-order valence-corrected chi connectivity index (χ4v) is 1.74. The third-order valence-electron chi connectivity index (χ3n) is 2.77. The van der Waals surface area contributed by atoms with Crippen LogP contribution in [0.3, 0.4) is 0 Å². The van der Waals surface area contributed by atoms with Gasteiger partial charge in [-0.25, -0.2) is 4.98 Å². The van der Waals surface area contributed by atoms with Crippen molar-refractivity contribution in [1.29, 1.82) is 0 Å². The summed E-state index contributed by atoms with van der Waals surface area (Å²) in [6.07, 6.45) is 4.76. The average Bonchev–Trinajstić information content (AvgIpc) is 2.29. The van der Waals surface area contributed by atoms with Crippen molar-refractivity contribution in [3.8, 4) is 0 Å². The van der Waals surface area contributed by atoms with Crippen LogP contribution in [0, 0.1) is 16.0 Å². The Bertz CT molecular complexity index is 376. The highest BCUT2D eigenvalue weighted by molar-refractivity contribution is 5.40. The largest absolute Gasteiger partial charge is 0.368 e. The number of nitrogens with zero attached hydrogens (tertiary/aromatic N) is 2. The van der Waals surface area contributed by atoms with Gasteiger partial charge in [-0.1, -0.05) is 26.7 Å². The van der Waals surface area contributed by atoms with E-state index in [2.05, 4.69) is 31.1 Å². The molecule has 0 spiro atoms. The molecule has 0 aliphatic carbocycles. The van der Waals surface area contributed by atoms with E-state index in [1.165, 1.54) is 25.1 Å². The van der Waals surface area contributed by atoms with E-state index in [9.17, 15) is 10.1 Å². The van der Waals surface area contributed by atoms with Crippen LogP contribution >= 0.6 is 0 Å². The Balaban J connectivity index is 2.39. The van der Waals surface area contributed by atoms with Crippen LogP contribution in [0.25, 0.3) is 0 Å². The van der Waals surface area contributed by atoms with E-state index in [0.717, 1.165) is 12.3 Å². The number of anilines is 1. The van der Waals surface area contributed by atoms with E-state index >= 15 is 0 Å². The van der Waals surface area contributed by atoms with E-state index in [1.54, 1.807) is 6.07 Å². The minimum absolute atomic E-state index is 0.0213. The Morgan fingerprint density at radius 3 is 2.56 bits per heavy atom. The number of rotatable bonds is 7. The Labute approximate surface area is 108 Å². The lowest BCUT2D eigenvalue weighted by Gasteiger charge is -2.14. The van der Waals surface area contributed by atoms with Crippen LogP contribution in [-0.4, -0.2) is 15.9 Å². The summed E-state index contributed by atoms with van der Waals surface area (Å²) in [5.41, 5.74) is 0.0213. The van der Waals surface area contributed by atoms with Crippen molar-refractivity contribution in [3.63, 3.8) is 0 Å². The summed E-state index contributed by atoms with van der Waals surface area (Å²) < 4.78 is 0. The van der Waals surface area contributed by atoms with Crippen LogP contribution in [0.5, 0.6) is 0 Å². The van der Waals surface area contributed by atoms with Gasteiger partial charge < -0.3 is 5.32 Å². The van der Waals surface area contributed by atoms with E-state index in [4.69, 9.17) is 0 Å². The Kier molecular flexibility index (Phi) is 5.55. The molecule has 1 aromatic rings. The first-order chi connectivity index (χ1) is 8.49. The van der Waals surface area contributed by atoms with Crippen molar-refractivity contribution in [2.45, 2.75) is 46.1 Å². The second-order valence-corrected chi connectivity index (χ2v) is 5.03. The minimum atomic E-state index is -0.442. The predicted molar refractivity (Wildman–Crippen MR) is 72.7 cm³/mol. The van der Waals surface area contributed by atoms with E-state index < -0.39 is 4.92 Å². The standard InChI is InChI=1S/C13H21N3O2/c1-10(2)5-4-6-11(3)15-13-8-7-12(9-14-13)16(17)18/h7-11H,4-6H2,1-3H3,(H,14,15). The molecule has 0 amide bonds. The molecule has 5 nitrogen and oxygen atoms in total. The molecule has 5 heteroatoms. The SMILES string of the molecule is CC(C)CCCC(C)Nc1ccc([N+](=O)[O-])cn1. The summed E-state index contributed by atoms with van der Waals surface area (Å²) in [6.45, 7) is 6.54. The number of aromatic nitrogens is 1. The lowest BCUT2D eigenvalue weighted by Crippen LogP contribution is -2.16. The summed E-state index contributed by atoms with van der Waals surface area (Å²) in [5, 5.41) is 13.7. The first-order valence-corrected chi connectivity index (χ1v) is 6.36. The third-order valence-corrected chi connectivity index (χ3v) is 2.77. The van der Waals surface area contributed by atoms with Crippen molar-refractivity contribution in [2.75, 3.05) is 5.32 Å². The average molecular weight is 251 g/mol. The lowest BCUT2D eigenvalue weighted by atomic mass is 10.0. The van der Waals surface area contributed by atoms with Crippen molar-refractivity contribution < 1.29 is 4.92 Å². The topological polar surface area (TPSA) is 68.1 Å². The monoisotopic (exact) mass is 251 g/mol. The fraction of sp³-hybridized carbons (Fsp3) is 0.615. The van der Waals surface area contributed by atoms with Gasteiger partial charge in [0.15, 0.2) is 0 Å². The van der Waals surface area contributed by atoms with Gasteiger partial charge in [-0.2, -0.15) is 0 Å². The molecule has 0 saturated carbocycles. The third kappa shape index (κ3) is 5.12. The molecule has 1 rings (SSSR count). The van der Waals surface area contributed by atoms with Crippen molar-refractivity contribution in [2.24, 2.45) is 5.92 Å². The molecule has 1 atom stereocenters. The number of nitro groups is 1. The molecule has 0 aromatic carbocycles. The maximum absolute atomic E-state index is 10.5. The molecule has 0 radical (unpaired) electrons.